The van der Waals surface area contributed by atoms with Crippen molar-refractivity contribution in [2.24, 2.45) is 0 Å². The predicted molar refractivity (Wildman–Crippen MR) is 138 cm³/mol. The molecule has 2 aliphatic heterocycles. The van der Waals surface area contributed by atoms with E-state index in [9.17, 15) is 8.78 Å². The van der Waals surface area contributed by atoms with Gasteiger partial charge in [-0.3, -0.25) is 4.90 Å². The number of alkyl halides is 2. The number of anilines is 1. The lowest BCUT2D eigenvalue weighted by Crippen LogP contribution is -2.69. The minimum atomic E-state index is -2.52. The molecule has 1 aliphatic carbocycles. The smallest absolute Gasteiger partial charge is 0.272 e. The molecule has 1 saturated carbocycles. The fourth-order valence-electron chi connectivity index (χ4n) is 5.07. The minimum absolute atomic E-state index is 0.137. The van der Waals surface area contributed by atoms with Gasteiger partial charge in [-0.2, -0.15) is 0 Å². The van der Waals surface area contributed by atoms with Gasteiger partial charge in [0, 0.05) is 30.6 Å². The van der Waals surface area contributed by atoms with Crippen molar-refractivity contribution in [3.8, 4) is 17.4 Å². The Kier molecular flexibility index (Phi) is 6.02. The largest absolute Gasteiger partial charge is 0.490 e. The predicted octanol–water partition coefficient (Wildman–Crippen LogP) is 5.67. The van der Waals surface area contributed by atoms with Crippen molar-refractivity contribution in [1.29, 1.82) is 0 Å². The first-order valence-corrected chi connectivity index (χ1v) is 13.0. The van der Waals surface area contributed by atoms with Crippen molar-refractivity contribution >= 4 is 5.82 Å². The van der Waals surface area contributed by atoms with Crippen LogP contribution in [0.3, 0.4) is 0 Å². The lowest BCUT2D eigenvalue weighted by molar-refractivity contribution is -0.148. The average molecular weight is 507 g/mol. The summed E-state index contributed by atoms with van der Waals surface area (Å²) in [5.41, 5.74) is 2.23. The van der Waals surface area contributed by atoms with Crippen LogP contribution >= 0.6 is 0 Å². The molecule has 37 heavy (non-hydrogen) atoms. The van der Waals surface area contributed by atoms with E-state index in [4.69, 9.17) is 9.47 Å². The fourth-order valence-corrected chi connectivity index (χ4v) is 5.07. The first-order valence-electron chi connectivity index (χ1n) is 13.0. The van der Waals surface area contributed by atoms with Gasteiger partial charge in [-0.15, -0.1) is 10.2 Å². The topological polar surface area (TPSA) is 50.7 Å². The minimum Gasteiger partial charge on any atom is -0.490 e. The van der Waals surface area contributed by atoms with Gasteiger partial charge in [-0.1, -0.05) is 38.1 Å². The molecule has 8 heteroatoms. The molecule has 1 aromatic heterocycles. The van der Waals surface area contributed by atoms with Gasteiger partial charge < -0.3 is 14.4 Å². The number of hydrogen-bond donors (Lipinski definition) is 0. The van der Waals surface area contributed by atoms with Crippen LogP contribution in [0, 0.1) is 0 Å². The molecule has 3 heterocycles. The van der Waals surface area contributed by atoms with Gasteiger partial charge in [0.25, 0.3) is 5.92 Å². The highest BCUT2D eigenvalue weighted by atomic mass is 19.3. The molecule has 2 aromatic carbocycles. The second-order valence-corrected chi connectivity index (χ2v) is 11.0. The van der Waals surface area contributed by atoms with Gasteiger partial charge in [0.15, 0.2) is 5.82 Å². The van der Waals surface area contributed by atoms with Crippen molar-refractivity contribution in [3.05, 3.63) is 71.8 Å². The highest BCUT2D eigenvalue weighted by molar-refractivity contribution is 5.44. The van der Waals surface area contributed by atoms with Gasteiger partial charge in [0.1, 0.15) is 11.5 Å². The molecule has 194 valence electrons. The Hall–Kier alpha value is -3.26. The number of rotatable bonds is 8. The Morgan fingerprint density at radius 1 is 0.838 bits per heavy atom. The molecule has 3 fully saturated rings. The summed E-state index contributed by atoms with van der Waals surface area (Å²) in [4.78, 5) is 3.87. The van der Waals surface area contributed by atoms with Crippen molar-refractivity contribution in [1.82, 2.24) is 15.1 Å². The summed E-state index contributed by atoms with van der Waals surface area (Å²) in [5, 5.41) is 8.47. The Morgan fingerprint density at radius 2 is 1.46 bits per heavy atom. The average Bonchev–Trinajstić information content (AvgIpc) is 2.81. The molecule has 3 aromatic rings. The van der Waals surface area contributed by atoms with E-state index >= 15 is 0 Å². The number of halogens is 2. The molecule has 0 unspecified atom stereocenters. The number of benzene rings is 2. The molecule has 2 saturated heterocycles. The molecular formula is C29H32F2N4O2. The van der Waals surface area contributed by atoms with Crippen LogP contribution in [0.1, 0.15) is 44.2 Å². The highest BCUT2D eigenvalue weighted by Crippen LogP contribution is 2.35. The van der Waals surface area contributed by atoms with E-state index in [-0.39, 0.29) is 24.5 Å². The molecule has 0 amide bonds. The van der Waals surface area contributed by atoms with Gasteiger partial charge >= 0.3 is 0 Å². The summed E-state index contributed by atoms with van der Waals surface area (Å²) in [5.74, 6) is 0.251. The van der Waals surface area contributed by atoms with E-state index in [1.165, 1.54) is 17.5 Å². The van der Waals surface area contributed by atoms with E-state index in [1.54, 1.807) is 6.07 Å². The second-order valence-electron chi connectivity index (χ2n) is 11.0. The number of ether oxygens (including phenoxy) is 2. The van der Waals surface area contributed by atoms with Crippen LogP contribution in [-0.2, 0) is 5.41 Å². The molecule has 0 spiro atoms. The van der Waals surface area contributed by atoms with Crippen molar-refractivity contribution in [3.63, 3.8) is 0 Å². The maximum Gasteiger partial charge on any atom is 0.272 e. The monoisotopic (exact) mass is 506 g/mol. The second kappa shape index (κ2) is 9.24. The van der Waals surface area contributed by atoms with Gasteiger partial charge in [-0.05, 0) is 60.7 Å². The van der Waals surface area contributed by atoms with E-state index < -0.39 is 5.92 Å². The van der Waals surface area contributed by atoms with Crippen LogP contribution in [0.5, 0.6) is 17.4 Å². The fraction of sp³-hybridized carbons (Fsp3) is 0.448. The summed E-state index contributed by atoms with van der Waals surface area (Å²) in [6, 6.07) is 20.3. The lowest BCUT2D eigenvalue weighted by atomic mass is 9.78. The summed E-state index contributed by atoms with van der Waals surface area (Å²) in [7, 11) is 0. The Labute approximate surface area is 216 Å². The summed E-state index contributed by atoms with van der Waals surface area (Å²) < 4.78 is 38.1. The number of likely N-dealkylation sites (tertiary alicyclic amines) is 1. The third-order valence-corrected chi connectivity index (χ3v) is 7.93. The zero-order chi connectivity index (χ0) is 25.6. The molecule has 3 aliphatic rings. The molecule has 6 nitrogen and oxygen atoms in total. The summed E-state index contributed by atoms with van der Waals surface area (Å²) in [6.45, 7) is 5.53. The number of hydrogen-bond acceptors (Lipinski definition) is 6. The lowest BCUT2D eigenvalue weighted by Gasteiger charge is -2.51. The van der Waals surface area contributed by atoms with Crippen LogP contribution in [0.15, 0.2) is 60.7 Å². The molecule has 6 rings (SSSR count). The van der Waals surface area contributed by atoms with Gasteiger partial charge in [-0.25, -0.2) is 8.78 Å². The number of aromatic nitrogens is 2. The molecule has 0 N–H and O–H groups in total. The summed E-state index contributed by atoms with van der Waals surface area (Å²) in [6.07, 6.45) is 3.95. The maximum absolute atomic E-state index is 13.1. The Morgan fingerprint density at radius 3 is 1.97 bits per heavy atom. The quantitative estimate of drug-likeness (QED) is 0.393. The molecule has 0 bridgehead atoms. The maximum atomic E-state index is 13.1. The number of nitrogens with zero attached hydrogens (tertiary/aromatic N) is 4. The molecular weight excluding hydrogens is 474 g/mol. The van der Waals surface area contributed by atoms with Crippen LogP contribution in [-0.4, -0.2) is 59.3 Å². The Balaban J connectivity index is 1.03. The Bertz CT molecular complexity index is 1210. The standard InChI is InChI=1S/C29H32F2N4O2/c1-28(2,20-6-10-24(11-7-20)36-23-4-3-5-23)21-8-12-25(13-9-21)37-27-15-14-26(32-33-27)34-16-22(17-34)35-18-29(30,31)19-35/h6-15,22-23H,3-5,16-19H2,1-2H3. The highest BCUT2D eigenvalue weighted by Gasteiger charge is 2.49. The van der Waals surface area contributed by atoms with Crippen LogP contribution in [0.2, 0.25) is 0 Å². The third kappa shape index (κ3) is 4.99. The van der Waals surface area contributed by atoms with Crippen molar-refractivity contribution < 1.29 is 18.3 Å². The van der Waals surface area contributed by atoms with Crippen molar-refractivity contribution in [2.75, 3.05) is 31.1 Å². The zero-order valence-electron chi connectivity index (χ0n) is 21.2. The third-order valence-electron chi connectivity index (χ3n) is 7.93. The SMILES string of the molecule is CC(C)(c1ccc(Oc2ccc(N3CC(N4CC(F)(F)C4)C3)nn2)cc1)c1ccc(OC2CCC2)cc1. The van der Waals surface area contributed by atoms with Gasteiger partial charge in [0.2, 0.25) is 5.88 Å². The van der Waals surface area contributed by atoms with E-state index in [0.717, 1.165) is 24.4 Å². The first kappa shape index (κ1) is 24.1. The van der Waals surface area contributed by atoms with Crippen LogP contribution in [0.4, 0.5) is 14.6 Å². The summed E-state index contributed by atoms with van der Waals surface area (Å²) >= 11 is 0. The molecule has 0 atom stereocenters. The van der Waals surface area contributed by atoms with E-state index in [2.05, 4.69) is 60.4 Å². The van der Waals surface area contributed by atoms with Crippen LogP contribution in [0.25, 0.3) is 0 Å². The zero-order valence-corrected chi connectivity index (χ0v) is 21.2. The molecule has 0 radical (unpaired) electrons. The first-order chi connectivity index (χ1) is 17.7. The normalized spacial score (nSPS) is 20.1. The van der Waals surface area contributed by atoms with Crippen LogP contribution < -0.4 is 14.4 Å². The van der Waals surface area contributed by atoms with Crippen molar-refractivity contribution in [2.45, 2.75) is 56.6 Å². The van der Waals surface area contributed by atoms with Gasteiger partial charge in [0.05, 0.1) is 19.2 Å². The van der Waals surface area contributed by atoms with E-state index in [1.807, 2.05) is 28.0 Å². The van der Waals surface area contributed by atoms with E-state index in [0.29, 0.717) is 30.8 Å².